The van der Waals surface area contributed by atoms with Gasteiger partial charge in [0.2, 0.25) is 10.0 Å². The summed E-state index contributed by atoms with van der Waals surface area (Å²) >= 11 is 5.83. The van der Waals surface area contributed by atoms with Crippen molar-refractivity contribution < 1.29 is 35.2 Å². The van der Waals surface area contributed by atoms with Crippen LogP contribution in [0.4, 0.5) is 22.0 Å². The van der Waals surface area contributed by atoms with Gasteiger partial charge in [0.25, 0.3) is 5.91 Å². The van der Waals surface area contributed by atoms with Gasteiger partial charge in [-0.05, 0) is 30.3 Å². The summed E-state index contributed by atoms with van der Waals surface area (Å²) in [5.74, 6) is -3.32. The summed E-state index contributed by atoms with van der Waals surface area (Å²) in [4.78, 5) is 12.9. The molecule has 12 heteroatoms. The summed E-state index contributed by atoms with van der Waals surface area (Å²) in [6, 6.07) is 5.11. The number of rotatable bonds is 3. The number of halogens is 6. The first-order valence-electron chi connectivity index (χ1n) is 8.53. The molecule has 5 nitrogen and oxygen atoms in total. The van der Waals surface area contributed by atoms with Crippen LogP contribution in [0.25, 0.3) is 0 Å². The molecule has 0 atom stereocenters. The van der Waals surface area contributed by atoms with E-state index in [9.17, 15) is 35.2 Å². The maximum absolute atomic E-state index is 13.8. The number of piperazine rings is 1. The molecule has 0 bridgehead atoms. The van der Waals surface area contributed by atoms with Gasteiger partial charge in [-0.2, -0.15) is 17.5 Å². The molecule has 1 heterocycles. The van der Waals surface area contributed by atoms with E-state index in [-0.39, 0.29) is 31.2 Å². The van der Waals surface area contributed by atoms with Gasteiger partial charge >= 0.3 is 6.18 Å². The van der Waals surface area contributed by atoms with Gasteiger partial charge in [-0.15, -0.1) is 0 Å². The largest absolute Gasteiger partial charge is 0.416 e. The lowest BCUT2D eigenvalue weighted by Gasteiger charge is -2.34. The van der Waals surface area contributed by atoms with Crippen LogP contribution >= 0.6 is 11.6 Å². The zero-order valence-electron chi connectivity index (χ0n) is 15.1. The summed E-state index contributed by atoms with van der Waals surface area (Å²) in [7, 11) is -4.37. The Morgan fingerprint density at radius 2 is 1.63 bits per heavy atom. The topological polar surface area (TPSA) is 57.7 Å². The Bertz CT molecular complexity index is 1080. The second-order valence-corrected chi connectivity index (χ2v) is 8.75. The number of alkyl halides is 3. The van der Waals surface area contributed by atoms with Crippen LogP contribution < -0.4 is 0 Å². The fourth-order valence-corrected chi connectivity index (χ4v) is 4.91. The van der Waals surface area contributed by atoms with Crippen molar-refractivity contribution in [3.8, 4) is 0 Å². The van der Waals surface area contributed by atoms with Crippen LogP contribution in [-0.4, -0.2) is 49.7 Å². The predicted molar refractivity (Wildman–Crippen MR) is 97.5 cm³/mol. The molecule has 30 heavy (non-hydrogen) atoms. The molecule has 1 aliphatic rings. The van der Waals surface area contributed by atoms with Gasteiger partial charge < -0.3 is 4.90 Å². The number of benzene rings is 2. The maximum atomic E-state index is 13.8. The van der Waals surface area contributed by atoms with E-state index in [1.807, 2.05) is 0 Å². The second-order valence-electron chi connectivity index (χ2n) is 6.44. The molecule has 162 valence electrons. The van der Waals surface area contributed by atoms with E-state index < -0.39 is 49.8 Å². The van der Waals surface area contributed by atoms with Crippen LogP contribution in [0.15, 0.2) is 41.3 Å². The molecule has 3 rings (SSSR count). The van der Waals surface area contributed by atoms with E-state index in [0.717, 1.165) is 27.4 Å². The van der Waals surface area contributed by atoms with E-state index in [1.165, 1.54) is 6.07 Å². The first-order chi connectivity index (χ1) is 13.9. The quantitative estimate of drug-likeness (QED) is 0.644. The smallest absolute Gasteiger partial charge is 0.336 e. The normalized spacial score (nSPS) is 16.0. The van der Waals surface area contributed by atoms with Crippen LogP contribution in [0.5, 0.6) is 0 Å². The molecule has 0 spiro atoms. The van der Waals surface area contributed by atoms with Crippen molar-refractivity contribution in [1.29, 1.82) is 0 Å². The molecule has 0 aliphatic carbocycles. The monoisotopic (exact) mass is 468 g/mol. The van der Waals surface area contributed by atoms with E-state index in [4.69, 9.17) is 11.6 Å². The van der Waals surface area contributed by atoms with Crippen molar-refractivity contribution in [1.82, 2.24) is 9.21 Å². The number of sulfonamides is 1. The lowest BCUT2D eigenvalue weighted by molar-refractivity contribution is -0.137. The summed E-state index contributed by atoms with van der Waals surface area (Å²) < 4.78 is 92.5. The van der Waals surface area contributed by atoms with Crippen molar-refractivity contribution in [2.45, 2.75) is 11.1 Å². The summed E-state index contributed by atoms with van der Waals surface area (Å²) in [6.45, 7) is -0.829. The highest BCUT2D eigenvalue weighted by atomic mass is 35.5. The molecule has 0 saturated carbocycles. The third-order valence-electron chi connectivity index (χ3n) is 4.58. The predicted octanol–water partition coefficient (Wildman–Crippen LogP) is 3.78. The number of amides is 1. The minimum Gasteiger partial charge on any atom is -0.336 e. The van der Waals surface area contributed by atoms with E-state index in [0.29, 0.717) is 12.1 Å². The number of carbonyl (C=O) groups excluding carboxylic acids is 1. The van der Waals surface area contributed by atoms with Crippen LogP contribution in [0, 0.1) is 11.6 Å². The molecule has 1 fully saturated rings. The summed E-state index contributed by atoms with van der Waals surface area (Å²) in [5.41, 5.74) is -1.66. The van der Waals surface area contributed by atoms with Crippen molar-refractivity contribution >= 4 is 27.5 Å². The third-order valence-corrected chi connectivity index (χ3v) is 6.96. The molecule has 2 aromatic carbocycles. The highest BCUT2D eigenvalue weighted by Crippen LogP contribution is 2.34. The van der Waals surface area contributed by atoms with Gasteiger partial charge in [0.1, 0.15) is 4.90 Å². The van der Waals surface area contributed by atoms with Crippen molar-refractivity contribution in [3.05, 3.63) is 64.2 Å². The fourth-order valence-electron chi connectivity index (χ4n) is 2.99. The number of hydrogen-bond acceptors (Lipinski definition) is 3. The molecule has 2 aromatic rings. The van der Waals surface area contributed by atoms with Crippen LogP contribution in [0.1, 0.15) is 15.9 Å². The minimum absolute atomic E-state index is 0.162. The minimum atomic E-state index is -4.75. The Hall–Kier alpha value is -2.24. The van der Waals surface area contributed by atoms with Crippen molar-refractivity contribution in [2.24, 2.45) is 0 Å². The molecule has 0 unspecified atom stereocenters. The Morgan fingerprint density at radius 1 is 1.00 bits per heavy atom. The Kier molecular flexibility index (Phi) is 6.08. The van der Waals surface area contributed by atoms with Crippen molar-refractivity contribution in [3.63, 3.8) is 0 Å². The summed E-state index contributed by atoms with van der Waals surface area (Å²) in [6.07, 6.45) is -4.75. The van der Waals surface area contributed by atoms with E-state index in [1.54, 1.807) is 0 Å². The zero-order chi connectivity index (χ0) is 22.3. The average molecular weight is 469 g/mol. The van der Waals surface area contributed by atoms with Gasteiger partial charge in [-0.3, -0.25) is 4.79 Å². The molecule has 1 amide bonds. The third kappa shape index (κ3) is 4.28. The maximum Gasteiger partial charge on any atom is 0.416 e. The molecular weight excluding hydrogens is 455 g/mol. The van der Waals surface area contributed by atoms with Crippen LogP contribution in [-0.2, 0) is 16.2 Å². The zero-order valence-corrected chi connectivity index (χ0v) is 16.7. The van der Waals surface area contributed by atoms with Gasteiger partial charge in [0.15, 0.2) is 11.6 Å². The number of hydrogen-bond donors (Lipinski definition) is 0. The van der Waals surface area contributed by atoms with Crippen molar-refractivity contribution in [2.75, 3.05) is 26.2 Å². The molecule has 0 N–H and O–H groups in total. The number of carbonyl (C=O) groups is 1. The first kappa shape index (κ1) is 22.4. The first-order valence-corrected chi connectivity index (χ1v) is 10.3. The van der Waals surface area contributed by atoms with Gasteiger partial charge in [-0.1, -0.05) is 17.7 Å². The molecule has 0 aromatic heterocycles. The highest BCUT2D eigenvalue weighted by molar-refractivity contribution is 7.89. The van der Waals surface area contributed by atoms with E-state index >= 15 is 0 Å². The molecule has 0 radical (unpaired) electrons. The SMILES string of the molecule is O=C(c1cccc(F)c1F)N1CCN(S(=O)(=O)c2cc(C(F)(F)F)ccc2Cl)CC1. The van der Waals surface area contributed by atoms with Gasteiger partial charge in [-0.25, -0.2) is 17.2 Å². The van der Waals surface area contributed by atoms with E-state index in [2.05, 4.69) is 0 Å². The average Bonchev–Trinajstić information content (AvgIpc) is 2.69. The highest BCUT2D eigenvalue weighted by Gasteiger charge is 2.36. The lowest BCUT2D eigenvalue weighted by Crippen LogP contribution is -2.50. The molecule has 1 aliphatic heterocycles. The van der Waals surface area contributed by atoms with Gasteiger partial charge in [0.05, 0.1) is 16.1 Å². The lowest BCUT2D eigenvalue weighted by atomic mass is 10.1. The standard InChI is InChI=1S/C18H14ClF5N2O3S/c19-13-5-4-11(18(22,23)24)10-15(13)30(28,29)26-8-6-25(7-9-26)17(27)12-2-1-3-14(20)16(12)21/h1-5,10H,6-9H2. The molecular formula is C18H14ClF5N2O3S. The second kappa shape index (κ2) is 8.12. The summed E-state index contributed by atoms with van der Waals surface area (Å²) in [5, 5.41) is -0.372. The van der Waals surface area contributed by atoms with Gasteiger partial charge in [0, 0.05) is 26.2 Å². The Labute approximate surface area is 173 Å². The fraction of sp³-hybridized carbons (Fsp3) is 0.278. The Balaban J connectivity index is 1.79. The number of nitrogens with zero attached hydrogens (tertiary/aromatic N) is 2. The van der Waals surface area contributed by atoms with Crippen LogP contribution in [0.3, 0.4) is 0 Å². The Morgan fingerprint density at radius 3 is 2.23 bits per heavy atom. The van der Waals surface area contributed by atoms with Crippen LogP contribution in [0.2, 0.25) is 5.02 Å². The molecule has 1 saturated heterocycles.